The summed E-state index contributed by atoms with van der Waals surface area (Å²) in [6, 6.07) is 0. The molecule has 0 aliphatic rings. The minimum absolute atomic E-state index is 0. The van der Waals surface area contributed by atoms with E-state index in [4.69, 9.17) is 0 Å². The molecule has 58 valence electrons. The zero-order chi connectivity index (χ0) is 8.00. The molecule has 0 heterocycles. The monoisotopic (exact) mass is 238 g/mol. The molecule has 0 saturated carbocycles. The van der Waals surface area contributed by atoms with Crippen molar-refractivity contribution in [3.63, 3.8) is 0 Å². The van der Waals surface area contributed by atoms with Crippen molar-refractivity contribution in [2.24, 2.45) is 0 Å². The third-order valence-corrected chi connectivity index (χ3v) is 0. The molecule has 0 aromatic rings. The molecule has 0 aromatic heterocycles. The Morgan fingerprint density at radius 1 is 0.444 bits per heavy atom. The third-order valence-electron chi connectivity index (χ3n) is 0. The molecule has 0 aliphatic carbocycles. The molecule has 0 radical (unpaired) electrons. The van der Waals surface area contributed by atoms with E-state index in [0.29, 0.717) is 0 Å². The van der Waals surface area contributed by atoms with E-state index in [1.54, 1.807) is 0 Å². The van der Waals surface area contributed by atoms with Gasteiger partial charge in [-0.3, -0.25) is 0 Å². The average molecular weight is 239 g/mol. The Hall–Kier alpha value is 0.854. The first-order chi connectivity index (χ1) is 4.00. The first kappa shape index (κ1) is 32.8. The van der Waals surface area contributed by atoms with Gasteiger partial charge in [-0.05, 0) is 0 Å². The fourth-order valence-corrected chi connectivity index (χ4v) is 0. The molecule has 0 saturated heterocycles. The zero-order valence-electron chi connectivity index (χ0n) is 4.26. The van der Waals surface area contributed by atoms with Gasteiger partial charge >= 0.3 is 0 Å². The number of thiocarbonyl (C=S) groups is 4. The van der Waals surface area contributed by atoms with Crippen LogP contribution >= 0.6 is 48.9 Å². The maximum absolute atomic E-state index is 4.08. The van der Waals surface area contributed by atoms with E-state index in [0.717, 1.165) is 0 Å². The topological polar surface area (TPSA) is 0 Å². The van der Waals surface area contributed by atoms with Crippen LogP contribution in [0.4, 0.5) is 0 Å². The van der Waals surface area contributed by atoms with Gasteiger partial charge in [-0.15, -0.1) is 0 Å². The van der Waals surface area contributed by atoms with Crippen molar-refractivity contribution in [2.45, 2.75) is 0 Å². The van der Waals surface area contributed by atoms with Crippen molar-refractivity contribution in [2.75, 3.05) is 0 Å². The number of hydrogen-bond acceptors (Lipinski definition) is 4. The molecule has 0 amide bonds. The minimum Gasteiger partial charge on any atom is -0.442 e. The van der Waals surface area contributed by atoms with Crippen molar-refractivity contribution in [1.29, 1.82) is 0 Å². The summed E-state index contributed by atoms with van der Waals surface area (Å²) in [5.41, 5.74) is 0. The molecule has 0 N–H and O–H groups in total. The van der Waals surface area contributed by atoms with Gasteiger partial charge in [-0.2, -0.15) is 0 Å². The molecule has 5 heteroatoms. The number of hydrogen-bond donors (Lipinski definition) is 0. The normalized spacial score (nSPS) is 1.78. The minimum atomic E-state index is 0. The molecule has 0 nitrogen and oxygen atoms in total. The summed E-state index contributed by atoms with van der Waals surface area (Å²) in [5, 5.41) is 0. The molecule has 9 heavy (non-hydrogen) atoms. The fraction of sp³-hybridized carbons (Fsp3) is 0. The zero-order valence-corrected chi connectivity index (χ0v) is 8.51. The van der Waals surface area contributed by atoms with E-state index in [9.17, 15) is 0 Å². The van der Waals surface area contributed by atoms with E-state index in [2.05, 4.69) is 72.4 Å². The van der Waals surface area contributed by atoms with Gasteiger partial charge in [-0.1, -0.05) is 0 Å². The maximum atomic E-state index is 4.08. The Kier molecular flexibility index (Phi) is 2730. The maximum Gasteiger partial charge on any atom is 0 e. The van der Waals surface area contributed by atoms with E-state index in [-0.39, 0.29) is 16.5 Å². The van der Waals surface area contributed by atoms with Crippen LogP contribution in [-0.4, -0.2) is 23.5 Å². The van der Waals surface area contributed by atoms with Gasteiger partial charge < -0.3 is 72.4 Å². The van der Waals surface area contributed by atoms with Crippen LogP contribution in [0.3, 0.4) is 0 Å². The first-order valence-electron chi connectivity index (χ1n) is 0.943. The molecule has 0 rings (SSSR count). The van der Waals surface area contributed by atoms with Gasteiger partial charge in [0.2, 0.25) is 0 Å². The Morgan fingerprint density at radius 3 is 0.444 bits per heavy atom. The SMILES string of the molecule is [CH-]=S.[CH-]=S.[CH-]=S.[CH-]=S.[Ni]. The summed E-state index contributed by atoms with van der Waals surface area (Å²) in [6.45, 7) is 0. The summed E-state index contributed by atoms with van der Waals surface area (Å²) >= 11 is 14.3. The Bertz CT molecular complexity index is 20.5. The van der Waals surface area contributed by atoms with E-state index >= 15 is 0 Å². The largest absolute Gasteiger partial charge is 0.442 e. The molecule has 0 aromatic carbocycles. The van der Waals surface area contributed by atoms with Crippen LogP contribution in [-0.2, 0) is 16.5 Å². The molecular weight excluding hydrogens is 235 g/mol. The van der Waals surface area contributed by atoms with Crippen LogP contribution in [0.1, 0.15) is 0 Å². The summed E-state index contributed by atoms with van der Waals surface area (Å²) in [4.78, 5) is 0. The van der Waals surface area contributed by atoms with Crippen LogP contribution in [0.2, 0.25) is 0 Å². The van der Waals surface area contributed by atoms with E-state index < -0.39 is 0 Å². The quantitative estimate of drug-likeness (QED) is 0.360. The number of rotatable bonds is 0. The van der Waals surface area contributed by atoms with E-state index in [1.165, 1.54) is 0 Å². The first-order valence-corrected chi connectivity index (χ1v) is 2.83. The molecule has 0 bridgehead atoms. The van der Waals surface area contributed by atoms with Crippen molar-refractivity contribution in [3.8, 4) is 0 Å². The van der Waals surface area contributed by atoms with Crippen LogP contribution in [0.25, 0.3) is 0 Å². The van der Waals surface area contributed by atoms with Gasteiger partial charge in [0.15, 0.2) is 0 Å². The summed E-state index contributed by atoms with van der Waals surface area (Å²) in [7, 11) is 0. The van der Waals surface area contributed by atoms with Crippen LogP contribution in [0.15, 0.2) is 0 Å². The predicted molar refractivity (Wildman–Crippen MR) is 54.6 cm³/mol. The van der Waals surface area contributed by atoms with Gasteiger partial charge in [0.1, 0.15) is 0 Å². The summed E-state index contributed by atoms with van der Waals surface area (Å²) in [6.07, 6.45) is 0. The Labute approximate surface area is 88.3 Å². The average Bonchev–Trinajstić information content (AvgIpc) is 2.03. The van der Waals surface area contributed by atoms with E-state index in [1.807, 2.05) is 0 Å². The van der Waals surface area contributed by atoms with Crippen molar-refractivity contribution in [3.05, 3.63) is 0 Å². The molecular formula is C4H4NiS4-4. The molecule has 0 unspecified atom stereocenters. The second kappa shape index (κ2) is 750. The summed E-state index contributed by atoms with van der Waals surface area (Å²) < 4.78 is 0. The third kappa shape index (κ3) is 571. The molecule has 0 spiro atoms. The van der Waals surface area contributed by atoms with Gasteiger partial charge in [0.05, 0.1) is 0 Å². The van der Waals surface area contributed by atoms with Crippen LogP contribution in [0, 0.1) is 0 Å². The van der Waals surface area contributed by atoms with Crippen LogP contribution in [0.5, 0.6) is 0 Å². The Balaban J connectivity index is -0.00000000762. The fourth-order valence-electron chi connectivity index (χ4n) is 0. The standard InChI is InChI=1S/4CHS.Ni/c4*1-2;/h4*1H;/q4*-1;. The predicted octanol–water partition coefficient (Wildman–Crippen LogP) is 1.97. The van der Waals surface area contributed by atoms with Crippen molar-refractivity contribution < 1.29 is 16.5 Å². The van der Waals surface area contributed by atoms with Gasteiger partial charge in [0, 0.05) is 16.5 Å². The Morgan fingerprint density at radius 2 is 0.444 bits per heavy atom. The molecule has 0 atom stereocenters. The van der Waals surface area contributed by atoms with Crippen molar-refractivity contribution >= 4 is 72.4 Å². The van der Waals surface area contributed by atoms with Gasteiger partial charge in [-0.25, -0.2) is 0 Å². The van der Waals surface area contributed by atoms with Gasteiger partial charge in [0.25, 0.3) is 0 Å². The summed E-state index contributed by atoms with van der Waals surface area (Å²) in [5.74, 6) is 16.3. The second-order valence-corrected chi connectivity index (χ2v) is 0. The smallest absolute Gasteiger partial charge is 0 e. The molecule has 0 fully saturated rings. The second-order valence-electron chi connectivity index (χ2n) is 0. The van der Waals surface area contributed by atoms with Crippen LogP contribution < -0.4 is 0 Å². The van der Waals surface area contributed by atoms with Crippen molar-refractivity contribution in [1.82, 2.24) is 0 Å². The molecule has 0 aliphatic heterocycles.